The van der Waals surface area contributed by atoms with E-state index in [1.807, 2.05) is 31.2 Å². The number of nitrogens with zero attached hydrogens (tertiary/aromatic N) is 3. The van der Waals surface area contributed by atoms with Crippen LogP contribution < -0.4 is 10.6 Å². The Morgan fingerprint density at radius 1 is 1.25 bits per heavy atom. The summed E-state index contributed by atoms with van der Waals surface area (Å²) in [6.45, 7) is 4.76. The van der Waals surface area contributed by atoms with Crippen LogP contribution in [0.4, 0.5) is 11.6 Å². The normalized spacial score (nSPS) is 10.5. The molecule has 0 aliphatic heterocycles. The number of fused-ring (bicyclic) bond motifs is 1. The molecule has 1 aromatic heterocycles. The predicted octanol–water partition coefficient (Wildman–Crippen LogP) is 1.60. The number of aromatic nitrogens is 2. The SMILES string of the molecule is CCOC(=O)CN(CC)c1nc2ccccc2nc1N. The summed E-state index contributed by atoms with van der Waals surface area (Å²) >= 11 is 0. The highest BCUT2D eigenvalue weighted by Crippen LogP contribution is 2.22. The Morgan fingerprint density at radius 2 is 1.90 bits per heavy atom. The minimum atomic E-state index is -0.302. The zero-order valence-corrected chi connectivity index (χ0v) is 11.7. The van der Waals surface area contributed by atoms with Gasteiger partial charge >= 0.3 is 5.97 Å². The number of anilines is 2. The predicted molar refractivity (Wildman–Crippen MR) is 78.5 cm³/mol. The number of rotatable bonds is 5. The van der Waals surface area contributed by atoms with Gasteiger partial charge in [0.05, 0.1) is 17.6 Å². The van der Waals surface area contributed by atoms with Gasteiger partial charge in [0.2, 0.25) is 0 Å². The first-order valence-electron chi connectivity index (χ1n) is 6.58. The van der Waals surface area contributed by atoms with Gasteiger partial charge in [-0.15, -0.1) is 0 Å². The summed E-state index contributed by atoms with van der Waals surface area (Å²) < 4.78 is 4.95. The van der Waals surface area contributed by atoms with Crippen LogP contribution in [-0.4, -0.2) is 35.6 Å². The smallest absolute Gasteiger partial charge is 0.325 e. The number of carbonyl (C=O) groups is 1. The fourth-order valence-electron chi connectivity index (χ4n) is 1.94. The maximum Gasteiger partial charge on any atom is 0.325 e. The topological polar surface area (TPSA) is 81.3 Å². The molecule has 0 fully saturated rings. The average Bonchev–Trinajstić information content (AvgIpc) is 2.44. The molecule has 0 unspecified atom stereocenters. The van der Waals surface area contributed by atoms with E-state index in [0.717, 1.165) is 11.0 Å². The van der Waals surface area contributed by atoms with Crippen LogP contribution >= 0.6 is 0 Å². The first-order valence-corrected chi connectivity index (χ1v) is 6.58. The summed E-state index contributed by atoms with van der Waals surface area (Å²) in [5.74, 6) is 0.526. The van der Waals surface area contributed by atoms with E-state index in [-0.39, 0.29) is 12.5 Å². The van der Waals surface area contributed by atoms with Crippen molar-refractivity contribution in [2.24, 2.45) is 0 Å². The Labute approximate surface area is 117 Å². The lowest BCUT2D eigenvalue weighted by molar-refractivity contribution is -0.141. The lowest BCUT2D eigenvalue weighted by Crippen LogP contribution is -2.32. The number of benzene rings is 1. The zero-order chi connectivity index (χ0) is 14.5. The minimum Gasteiger partial charge on any atom is -0.465 e. The molecule has 6 nitrogen and oxygen atoms in total. The van der Waals surface area contributed by atoms with Crippen LogP contribution in [-0.2, 0) is 9.53 Å². The van der Waals surface area contributed by atoms with Crippen molar-refractivity contribution in [1.29, 1.82) is 0 Å². The van der Waals surface area contributed by atoms with E-state index in [0.29, 0.717) is 24.8 Å². The van der Waals surface area contributed by atoms with E-state index in [4.69, 9.17) is 10.5 Å². The molecule has 0 atom stereocenters. The number of carbonyl (C=O) groups excluding carboxylic acids is 1. The van der Waals surface area contributed by atoms with Gasteiger partial charge < -0.3 is 15.4 Å². The first kappa shape index (κ1) is 14.0. The Kier molecular flexibility index (Phi) is 4.34. The van der Waals surface area contributed by atoms with Crippen LogP contribution in [0.2, 0.25) is 0 Å². The van der Waals surface area contributed by atoms with Crippen LogP contribution in [0.3, 0.4) is 0 Å². The molecule has 0 spiro atoms. The summed E-state index contributed by atoms with van der Waals surface area (Å²) in [4.78, 5) is 22.2. The highest BCUT2D eigenvalue weighted by atomic mass is 16.5. The van der Waals surface area contributed by atoms with Crippen molar-refractivity contribution in [3.63, 3.8) is 0 Å². The van der Waals surface area contributed by atoms with Gasteiger partial charge in [-0.25, -0.2) is 9.97 Å². The van der Waals surface area contributed by atoms with E-state index in [2.05, 4.69) is 9.97 Å². The van der Waals surface area contributed by atoms with E-state index < -0.39 is 0 Å². The highest BCUT2D eigenvalue weighted by molar-refractivity contribution is 5.82. The molecular weight excluding hydrogens is 256 g/mol. The van der Waals surface area contributed by atoms with Crippen molar-refractivity contribution >= 4 is 28.6 Å². The van der Waals surface area contributed by atoms with Gasteiger partial charge in [-0.2, -0.15) is 0 Å². The number of esters is 1. The molecule has 0 saturated heterocycles. The Bertz CT molecular complexity index is 615. The fraction of sp³-hybridized carbons (Fsp3) is 0.357. The van der Waals surface area contributed by atoms with E-state index >= 15 is 0 Å². The maximum atomic E-state index is 11.6. The van der Waals surface area contributed by atoms with Gasteiger partial charge in [0.15, 0.2) is 11.6 Å². The van der Waals surface area contributed by atoms with Gasteiger partial charge in [-0.3, -0.25) is 4.79 Å². The average molecular weight is 274 g/mol. The van der Waals surface area contributed by atoms with Crippen LogP contribution in [0.15, 0.2) is 24.3 Å². The van der Waals surface area contributed by atoms with Gasteiger partial charge in [-0.05, 0) is 26.0 Å². The summed E-state index contributed by atoms with van der Waals surface area (Å²) in [5, 5.41) is 0. The van der Waals surface area contributed by atoms with Crippen molar-refractivity contribution in [2.45, 2.75) is 13.8 Å². The monoisotopic (exact) mass is 274 g/mol. The molecule has 2 rings (SSSR count). The van der Waals surface area contributed by atoms with Crippen LogP contribution in [0.1, 0.15) is 13.8 Å². The molecule has 106 valence electrons. The number of nitrogens with two attached hydrogens (primary N) is 1. The Hall–Kier alpha value is -2.37. The summed E-state index contributed by atoms with van der Waals surface area (Å²) in [5.41, 5.74) is 7.43. The van der Waals surface area contributed by atoms with Crippen LogP contribution in [0.5, 0.6) is 0 Å². The molecule has 0 radical (unpaired) electrons. The van der Waals surface area contributed by atoms with Crippen LogP contribution in [0, 0.1) is 0 Å². The molecule has 1 heterocycles. The first-order chi connectivity index (χ1) is 9.65. The van der Waals surface area contributed by atoms with Crippen molar-refractivity contribution in [1.82, 2.24) is 9.97 Å². The molecule has 0 saturated carbocycles. The van der Waals surface area contributed by atoms with Gasteiger partial charge in [0.1, 0.15) is 6.54 Å². The number of hydrogen-bond donors (Lipinski definition) is 1. The molecule has 0 bridgehead atoms. The molecule has 2 N–H and O–H groups in total. The molecule has 0 amide bonds. The third-order valence-corrected chi connectivity index (χ3v) is 2.88. The summed E-state index contributed by atoms with van der Waals surface area (Å²) in [7, 11) is 0. The molecule has 20 heavy (non-hydrogen) atoms. The van der Waals surface area contributed by atoms with E-state index in [1.54, 1.807) is 11.8 Å². The molecule has 2 aromatic rings. The molecule has 6 heteroatoms. The summed E-state index contributed by atoms with van der Waals surface area (Å²) in [6, 6.07) is 7.48. The van der Waals surface area contributed by atoms with Gasteiger partial charge in [0, 0.05) is 6.54 Å². The van der Waals surface area contributed by atoms with Gasteiger partial charge in [0.25, 0.3) is 0 Å². The maximum absolute atomic E-state index is 11.6. The Morgan fingerprint density at radius 3 is 2.50 bits per heavy atom. The third-order valence-electron chi connectivity index (χ3n) is 2.88. The number of para-hydroxylation sites is 2. The zero-order valence-electron chi connectivity index (χ0n) is 11.7. The molecule has 0 aliphatic carbocycles. The third kappa shape index (κ3) is 2.96. The number of likely N-dealkylation sites (N-methyl/N-ethyl adjacent to an activating group) is 1. The second-order valence-corrected chi connectivity index (χ2v) is 4.24. The lowest BCUT2D eigenvalue weighted by atomic mass is 10.3. The van der Waals surface area contributed by atoms with Crippen molar-refractivity contribution in [2.75, 3.05) is 30.3 Å². The fourth-order valence-corrected chi connectivity index (χ4v) is 1.94. The standard InChI is InChI=1S/C14H18N4O2/c1-3-18(9-12(19)20-4-2)14-13(15)16-10-7-5-6-8-11(10)17-14/h5-8H,3-4,9H2,1-2H3,(H2,15,16). The second kappa shape index (κ2) is 6.18. The Balaban J connectivity index is 2.33. The van der Waals surface area contributed by atoms with E-state index in [1.165, 1.54) is 0 Å². The molecule has 1 aromatic carbocycles. The lowest BCUT2D eigenvalue weighted by Gasteiger charge is -2.22. The van der Waals surface area contributed by atoms with E-state index in [9.17, 15) is 4.79 Å². The number of hydrogen-bond acceptors (Lipinski definition) is 6. The van der Waals surface area contributed by atoms with Crippen molar-refractivity contribution < 1.29 is 9.53 Å². The van der Waals surface area contributed by atoms with Crippen LogP contribution in [0.25, 0.3) is 11.0 Å². The highest BCUT2D eigenvalue weighted by Gasteiger charge is 2.16. The van der Waals surface area contributed by atoms with Gasteiger partial charge in [-0.1, -0.05) is 12.1 Å². The summed E-state index contributed by atoms with van der Waals surface area (Å²) in [6.07, 6.45) is 0. The number of nitrogen functional groups attached to an aromatic ring is 1. The molecular formula is C14H18N4O2. The quantitative estimate of drug-likeness (QED) is 0.834. The molecule has 0 aliphatic rings. The number of ether oxygens (including phenoxy) is 1. The minimum absolute atomic E-state index is 0.113. The van der Waals surface area contributed by atoms with Crippen molar-refractivity contribution in [3.05, 3.63) is 24.3 Å². The largest absolute Gasteiger partial charge is 0.465 e. The second-order valence-electron chi connectivity index (χ2n) is 4.24. The van der Waals surface area contributed by atoms with Crippen molar-refractivity contribution in [3.8, 4) is 0 Å².